The molecule has 0 unspecified atom stereocenters. The fourth-order valence-corrected chi connectivity index (χ4v) is 3.61. The van der Waals surface area contributed by atoms with Crippen molar-refractivity contribution in [2.45, 2.75) is 6.54 Å². The SMILES string of the molecule is CN(C)Cc1c(-c2ccccc2)sc2ccccc12.Cl. The third-order valence-corrected chi connectivity index (χ3v) is 4.47. The van der Waals surface area contributed by atoms with Crippen molar-refractivity contribution in [3.05, 3.63) is 60.2 Å². The molecule has 0 spiro atoms. The van der Waals surface area contributed by atoms with Gasteiger partial charge in [0.2, 0.25) is 0 Å². The van der Waals surface area contributed by atoms with Gasteiger partial charge >= 0.3 is 0 Å². The number of halogens is 1. The second-order valence-corrected chi connectivity index (χ2v) is 6.06. The van der Waals surface area contributed by atoms with Crippen LogP contribution < -0.4 is 0 Å². The Morgan fingerprint density at radius 3 is 2.25 bits per heavy atom. The van der Waals surface area contributed by atoms with E-state index < -0.39 is 0 Å². The van der Waals surface area contributed by atoms with Gasteiger partial charge in [-0.15, -0.1) is 23.7 Å². The number of benzene rings is 2. The van der Waals surface area contributed by atoms with Crippen molar-refractivity contribution in [2.75, 3.05) is 14.1 Å². The van der Waals surface area contributed by atoms with E-state index in [1.54, 1.807) is 0 Å². The van der Waals surface area contributed by atoms with Crippen LogP contribution in [0.25, 0.3) is 20.5 Å². The first-order valence-corrected chi connectivity index (χ1v) is 7.28. The van der Waals surface area contributed by atoms with E-state index in [9.17, 15) is 0 Å². The molecule has 0 radical (unpaired) electrons. The predicted octanol–water partition coefficient (Wildman–Crippen LogP) is 5.05. The minimum absolute atomic E-state index is 0. The molecule has 3 rings (SSSR count). The second-order valence-electron chi connectivity index (χ2n) is 5.01. The predicted molar refractivity (Wildman–Crippen MR) is 91.9 cm³/mol. The molecule has 0 bridgehead atoms. The molecular weight excluding hydrogens is 286 g/mol. The zero-order valence-electron chi connectivity index (χ0n) is 11.7. The highest BCUT2D eigenvalue weighted by molar-refractivity contribution is 7.22. The number of rotatable bonds is 3. The molecule has 0 aliphatic heterocycles. The molecule has 3 aromatic rings. The van der Waals surface area contributed by atoms with Gasteiger partial charge in [-0.05, 0) is 36.7 Å². The van der Waals surface area contributed by atoms with Gasteiger partial charge in [0.05, 0.1) is 0 Å². The summed E-state index contributed by atoms with van der Waals surface area (Å²) in [6.45, 7) is 0.980. The molecule has 1 heterocycles. The summed E-state index contributed by atoms with van der Waals surface area (Å²) in [5.41, 5.74) is 2.76. The van der Waals surface area contributed by atoms with Gasteiger partial charge in [-0.25, -0.2) is 0 Å². The highest BCUT2D eigenvalue weighted by Crippen LogP contribution is 2.38. The van der Waals surface area contributed by atoms with Crippen molar-refractivity contribution in [2.24, 2.45) is 0 Å². The number of hydrogen-bond donors (Lipinski definition) is 0. The molecule has 0 saturated heterocycles. The molecule has 1 nitrogen and oxygen atoms in total. The molecule has 0 aliphatic carbocycles. The molecule has 20 heavy (non-hydrogen) atoms. The highest BCUT2D eigenvalue weighted by atomic mass is 35.5. The molecule has 0 saturated carbocycles. The molecule has 0 fully saturated rings. The Bertz CT molecular complexity index is 689. The van der Waals surface area contributed by atoms with Gasteiger partial charge < -0.3 is 4.90 Å². The lowest BCUT2D eigenvalue weighted by atomic mass is 10.1. The Kier molecular flexibility index (Phi) is 4.81. The van der Waals surface area contributed by atoms with Gasteiger partial charge in [-0.3, -0.25) is 0 Å². The molecule has 0 atom stereocenters. The maximum absolute atomic E-state index is 2.24. The zero-order valence-corrected chi connectivity index (χ0v) is 13.3. The third-order valence-electron chi connectivity index (χ3n) is 3.21. The van der Waals surface area contributed by atoms with Crippen LogP contribution in [0.4, 0.5) is 0 Å². The molecular formula is C17H18ClNS. The average molecular weight is 304 g/mol. The van der Waals surface area contributed by atoms with Crippen molar-refractivity contribution in [1.82, 2.24) is 4.90 Å². The van der Waals surface area contributed by atoms with E-state index >= 15 is 0 Å². The molecule has 0 amide bonds. The van der Waals surface area contributed by atoms with Gasteiger partial charge in [0.15, 0.2) is 0 Å². The van der Waals surface area contributed by atoms with E-state index in [-0.39, 0.29) is 12.4 Å². The number of hydrogen-bond acceptors (Lipinski definition) is 2. The van der Waals surface area contributed by atoms with Crippen molar-refractivity contribution < 1.29 is 0 Å². The third kappa shape index (κ3) is 2.88. The highest BCUT2D eigenvalue weighted by Gasteiger charge is 2.13. The standard InChI is InChI=1S/C17H17NS.ClH/c1-18(2)12-15-14-10-6-7-11-16(14)19-17(15)13-8-4-3-5-9-13;/h3-11H,12H2,1-2H3;1H. The first-order chi connectivity index (χ1) is 9.25. The molecule has 2 aromatic carbocycles. The van der Waals surface area contributed by atoms with Crippen molar-refractivity contribution in [3.8, 4) is 10.4 Å². The smallest absolute Gasteiger partial charge is 0.0400 e. The Labute approximate surface area is 130 Å². The fraction of sp³-hybridized carbons (Fsp3) is 0.176. The molecule has 1 aromatic heterocycles. The summed E-state index contributed by atoms with van der Waals surface area (Å²) >= 11 is 1.89. The summed E-state index contributed by atoms with van der Waals surface area (Å²) < 4.78 is 1.37. The van der Waals surface area contributed by atoms with Crippen LogP contribution in [0, 0.1) is 0 Å². The maximum Gasteiger partial charge on any atom is 0.0400 e. The summed E-state index contributed by atoms with van der Waals surface area (Å²) in [6, 6.07) is 19.4. The lowest BCUT2D eigenvalue weighted by Crippen LogP contribution is -2.10. The topological polar surface area (TPSA) is 3.24 Å². The van der Waals surface area contributed by atoms with E-state index in [0.29, 0.717) is 0 Å². The normalized spacial score (nSPS) is 10.8. The van der Waals surface area contributed by atoms with Crippen molar-refractivity contribution in [1.29, 1.82) is 0 Å². The van der Waals surface area contributed by atoms with Crippen LogP contribution >= 0.6 is 23.7 Å². The Hall–Kier alpha value is -1.35. The first kappa shape index (κ1) is 15.0. The Balaban J connectivity index is 0.00000147. The molecule has 3 heteroatoms. The van der Waals surface area contributed by atoms with E-state index in [4.69, 9.17) is 0 Å². The molecule has 0 N–H and O–H groups in total. The van der Waals surface area contributed by atoms with Crippen LogP contribution in [-0.2, 0) is 6.54 Å². The van der Waals surface area contributed by atoms with E-state index in [1.165, 1.54) is 26.1 Å². The lowest BCUT2D eigenvalue weighted by Gasteiger charge is -2.11. The van der Waals surface area contributed by atoms with Crippen LogP contribution in [-0.4, -0.2) is 19.0 Å². The molecule has 0 aliphatic rings. The molecule has 104 valence electrons. The Morgan fingerprint density at radius 1 is 0.900 bits per heavy atom. The van der Waals surface area contributed by atoms with E-state index in [2.05, 4.69) is 73.6 Å². The first-order valence-electron chi connectivity index (χ1n) is 6.46. The van der Waals surface area contributed by atoms with Crippen LogP contribution in [0.15, 0.2) is 54.6 Å². The lowest BCUT2D eigenvalue weighted by molar-refractivity contribution is 0.405. The Morgan fingerprint density at radius 2 is 1.55 bits per heavy atom. The van der Waals surface area contributed by atoms with Crippen molar-refractivity contribution in [3.63, 3.8) is 0 Å². The second kappa shape index (κ2) is 6.40. The maximum atomic E-state index is 2.24. The van der Waals surface area contributed by atoms with Crippen LogP contribution in [0.5, 0.6) is 0 Å². The quantitative estimate of drug-likeness (QED) is 0.654. The number of fused-ring (bicyclic) bond motifs is 1. The van der Waals surface area contributed by atoms with Gasteiger partial charge in [-0.1, -0.05) is 48.5 Å². The van der Waals surface area contributed by atoms with Crippen molar-refractivity contribution >= 4 is 33.8 Å². The number of thiophene rings is 1. The summed E-state index contributed by atoms with van der Waals surface area (Å²) in [6.07, 6.45) is 0. The minimum atomic E-state index is 0. The van der Waals surface area contributed by atoms with Gasteiger partial charge in [0.25, 0.3) is 0 Å². The summed E-state index contributed by atoms with van der Waals surface area (Å²) in [5.74, 6) is 0. The van der Waals surface area contributed by atoms with E-state index in [1.807, 2.05) is 11.3 Å². The van der Waals surface area contributed by atoms with Gasteiger partial charge in [0, 0.05) is 16.1 Å². The van der Waals surface area contributed by atoms with Gasteiger partial charge in [0.1, 0.15) is 0 Å². The fourth-order valence-electron chi connectivity index (χ4n) is 2.39. The summed E-state index contributed by atoms with van der Waals surface area (Å²) in [7, 11) is 4.25. The largest absolute Gasteiger partial charge is 0.305 e. The zero-order chi connectivity index (χ0) is 13.2. The summed E-state index contributed by atoms with van der Waals surface area (Å²) in [5, 5.41) is 1.39. The summed E-state index contributed by atoms with van der Waals surface area (Å²) in [4.78, 5) is 3.64. The van der Waals surface area contributed by atoms with Gasteiger partial charge in [-0.2, -0.15) is 0 Å². The minimum Gasteiger partial charge on any atom is -0.305 e. The van der Waals surface area contributed by atoms with E-state index in [0.717, 1.165) is 6.54 Å². The number of nitrogens with zero attached hydrogens (tertiary/aromatic N) is 1. The monoisotopic (exact) mass is 303 g/mol. The average Bonchev–Trinajstić information content (AvgIpc) is 2.78. The van der Waals surface area contributed by atoms with Crippen LogP contribution in [0.1, 0.15) is 5.56 Å². The van der Waals surface area contributed by atoms with Crippen LogP contribution in [0.2, 0.25) is 0 Å². The van der Waals surface area contributed by atoms with Crippen LogP contribution in [0.3, 0.4) is 0 Å².